The zero-order chi connectivity index (χ0) is 37.8. The standard InChI is InChI=1S/C54H54/c1-8-20-45(42-23-14-11-15-24-42)34-40(9-2)53(36(3)4)54(44-31-29-43(30-32-44)41-21-12-10-13-22-41)39(7)38(6)50-35-52-49-28-19-17-26-47(49)46-25-16-18-27-48(46)51(52)33-37(50)5/h11-12,14-16,18-25,27-35H,6,8-10,13,17,26H2,1-5,7H3/b40-34+,45-20+,54-39-. The lowest BCUT2D eigenvalue weighted by Gasteiger charge is -2.24. The lowest BCUT2D eigenvalue weighted by molar-refractivity contribution is 1.00. The summed E-state index contributed by atoms with van der Waals surface area (Å²) in [4.78, 5) is 0. The maximum atomic E-state index is 4.92. The molecule has 0 aromatic heterocycles. The van der Waals surface area contributed by atoms with Gasteiger partial charge in [-0.05, 0) is 172 Å². The lowest BCUT2D eigenvalue weighted by atomic mass is 9.80. The van der Waals surface area contributed by atoms with Gasteiger partial charge in [0.2, 0.25) is 0 Å². The predicted molar refractivity (Wildman–Crippen MR) is 239 cm³/mol. The Bertz CT molecular complexity index is 2460. The van der Waals surface area contributed by atoms with E-state index in [1.807, 2.05) is 0 Å². The normalized spacial score (nSPS) is 14.9. The summed E-state index contributed by atoms with van der Waals surface area (Å²) < 4.78 is 0. The van der Waals surface area contributed by atoms with Gasteiger partial charge in [0.05, 0.1) is 0 Å². The second-order valence-corrected chi connectivity index (χ2v) is 15.1. The van der Waals surface area contributed by atoms with Crippen molar-refractivity contribution in [1.82, 2.24) is 0 Å². The van der Waals surface area contributed by atoms with E-state index in [0.717, 1.165) is 44.1 Å². The summed E-state index contributed by atoms with van der Waals surface area (Å²) in [5, 5.41) is 5.38. The van der Waals surface area contributed by atoms with Crippen LogP contribution in [0.3, 0.4) is 0 Å². The van der Waals surface area contributed by atoms with Gasteiger partial charge in [0.15, 0.2) is 0 Å². The molecule has 2 aliphatic carbocycles. The van der Waals surface area contributed by atoms with Gasteiger partial charge < -0.3 is 0 Å². The highest BCUT2D eigenvalue weighted by Crippen LogP contribution is 2.43. The summed E-state index contributed by atoms with van der Waals surface area (Å²) in [5.74, 6) is 0. The molecule has 0 unspecified atom stereocenters. The lowest BCUT2D eigenvalue weighted by Crippen LogP contribution is -2.03. The van der Waals surface area contributed by atoms with Gasteiger partial charge in [0, 0.05) is 0 Å². The van der Waals surface area contributed by atoms with Crippen molar-refractivity contribution in [2.75, 3.05) is 0 Å². The summed E-state index contributed by atoms with van der Waals surface area (Å²) in [6, 6.07) is 33.9. The van der Waals surface area contributed by atoms with Gasteiger partial charge in [-0.3, -0.25) is 0 Å². The van der Waals surface area contributed by atoms with Crippen LogP contribution in [0.2, 0.25) is 0 Å². The molecule has 0 spiro atoms. The molecular weight excluding hydrogens is 649 g/mol. The number of aryl methyl sites for hydroxylation is 2. The monoisotopic (exact) mass is 702 g/mol. The van der Waals surface area contributed by atoms with Crippen molar-refractivity contribution in [3.05, 3.63) is 195 Å². The molecule has 0 heterocycles. The van der Waals surface area contributed by atoms with Crippen LogP contribution >= 0.6 is 0 Å². The summed E-state index contributed by atoms with van der Waals surface area (Å²) >= 11 is 0. The topological polar surface area (TPSA) is 0 Å². The Labute approximate surface area is 324 Å². The average molecular weight is 703 g/mol. The second-order valence-electron chi connectivity index (χ2n) is 15.1. The van der Waals surface area contributed by atoms with Gasteiger partial charge in [0.25, 0.3) is 0 Å². The third-order valence-electron chi connectivity index (χ3n) is 11.3. The van der Waals surface area contributed by atoms with Crippen LogP contribution in [0.15, 0.2) is 156 Å². The van der Waals surface area contributed by atoms with E-state index in [0.29, 0.717) is 0 Å². The van der Waals surface area contributed by atoms with Crippen molar-refractivity contribution in [3.63, 3.8) is 0 Å². The Morgan fingerprint density at radius 1 is 0.722 bits per heavy atom. The van der Waals surface area contributed by atoms with Crippen molar-refractivity contribution < 1.29 is 0 Å². The van der Waals surface area contributed by atoms with Crippen LogP contribution < -0.4 is 0 Å². The Morgan fingerprint density at radius 2 is 1.44 bits per heavy atom. The highest BCUT2D eigenvalue weighted by atomic mass is 14.3. The zero-order valence-corrected chi connectivity index (χ0v) is 33.2. The van der Waals surface area contributed by atoms with Gasteiger partial charge in [-0.2, -0.15) is 0 Å². The number of benzene rings is 5. The zero-order valence-electron chi connectivity index (χ0n) is 33.2. The second kappa shape index (κ2) is 16.3. The summed E-state index contributed by atoms with van der Waals surface area (Å²) in [6.45, 7) is 18.6. The summed E-state index contributed by atoms with van der Waals surface area (Å²) in [6.07, 6.45) is 22.7. The van der Waals surface area contributed by atoms with E-state index < -0.39 is 0 Å². The minimum atomic E-state index is 0.911. The molecule has 0 fully saturated rings. The minimum absolute atomic E-state index is 0.911. The third kappa shape index (κ3) is 7.23. The molecule has 7 rings (SSSR count). The van der Waals surface area contributed by atoms with Crippen LogP contribution in [0.5, 0.6) is 0 Å². The molecule has 270 valence electrons. The molecule has 0 bridgehead atoms. The van der Waals surface area contributed by atoms with E-state index in [9.17, 15) is 0 Å². The molecule has 0 saturated heterocycles. The number of hydrogen-bond donors (Lipinski definition) is 0. The van der Waals surface area contributed by atoms with Crippen LogP contribution in [-0.2, 0) is 6.42 Å². The van der Waals surface area contributed by atoms with Crippen molar-refractivity contribution in [2.24, 2.45) is 0 Å². The first kappa shape index (κ1) is 36.9. The smallest absolute Gasteiger partial charge is 0.00741 e. The van der Waals surface area contributed by atoms with Crippen LogP contribution in [-0.4, -0.2) is 0 Å². The van der Waals surface area contributed by atoms with E-state index in [-0.39, 0.29) is 0 Å². The van der Waals surface area contributed by atoms with Crippen LogP contribution in [0, 0.1) is 6.92 Å². The van der Waals surface area contributed by atoms with Gasteiger partial charge in [-0.1, -0.05) is 153 Å². The SMILES string of the molecule is C=C(/C(C)=C(\C(=C(C)C)/C(=C/C(=C\CC)c1ccccc1)CC)c1ccc(C2=CCCC=C2)cc1)c1cc2c3c(c4ccccc4c2cc1C)CCC=C3. The van der Waals surface area contributed by atoms with Gasteiger partial charge >= 0.3 is 0 Å². The Hall–Kier alpha value is -5.46. The largest absolute Gasteiger partial charge is 0.0909 e. The number of allylic oxidation sites excluding steroid dienone is 14. The molecule has 0 radical (unpaired) electrons. The summed E-state index contributed by atoms with van der Waals surface area (Å²) in [5.41, 5.74) is 19.1. The molecule has 0 saturated carbocycles. The third-order valence-corrected chi connectivity index (χ3v) is 11.3. The van der Waals surface area contributed by atoms with Crippen molar-refractivity contribution in [1.29, 1.82) is 0 Å². The van der Waals surface area contributed by atoms with Crippen LogP contribution in [0.25, 0.3) is 49.9 Å². The van der Waals surface area contributed by atoms with Crippen molar-refractivity contribution in [2.45, 2.75) is 80.1 Å². The van der Waals surface area contributed by atoms with E-state index in [4.69, 9.17) is 6.58 Å². The van der Waals surface area contributed by atoms with Crippen LogP contribution in [0.1, 0.15) is 106 Å². The first-order valence-electron chi connectivity index (χ1n) is 20.0. The Balaban J connectivity index is 1.44. The summed E-state index contributed by atoms with van der Waals surface area (Å²) in [7, 11) is 0. The molecule has 0 aliphatic heterocycles. The molecule has 0 N–H and O–H groups in total. The molecule has 0 amide bonds. The van der Waals surface area contributed by atoms with E-state index in [2.05, 4.69) is 175 Å². The van der Waals surface area contributed by atoms with Crippen LogP contribution in [0.4, 0.5) is 0 Å². The fourth-order valence-electron chi connectivity index (χ4n) is 8.60. The number of hydrogen-bond acceptors (Lipinski definition) is 0. The first-order valence-corrected chi connectivity index (χ1v) is 20.0. The van der Waals surface area contributed by atoms with Gasteiger partial charge in [-0.25, -0.2) is 0 Å². The molecule has 54 heavy (non-hydrogen) atoms. The highest BCUT2D eigenvalue weighted by molar-refractivity contribution is 6.14. The quantitative estimate of drug-likeness (QED) is 0.100. The number of rotatable bonds is 10. The molecule has 5 aromatic carbocycles. The fraction of sp³-hybridized carbons (Fsp3) is 0.222. The average Bonchev–Trinajstić information content (AvgIpc) is 3.21. The van der Waals surface area contributed by atoms with Crippen molar-refractivity contribution in [3.8, 4) is 0 Å². The van der Waals surface area contributed by atoms with Gasteiger partial charge in [0.1, 0.15) is 0 Å². The first-order chi connectivity index (χ1) is 26.3. The molecular formula is C54H54. The van der Waals surface area contributed by atoms with Gasteiger partial charge in [-0.15, -0.1) is 0 Å². The molecule has 0 heteroatoms. The molecule has 0 atom stereocenters. The van der Waals surface area contributed by atoms with E-state index in [1.165, 1.54) is 99.5 Å². The number of fused-ring (bicyclic) bond motifs is 6. The van der Waals surface area contributed by atoms with E-state index in [1.54, 1.807) is 0 Å². The molecule has 2 aliphatic rings. The molecule has 5 aromatic rings. The fourth-order valence-corrected chi connectivity index (χ4v) is 8.60. The Morgan fingerprint density at radius 3 is 2.13 bits per heavy atom. The maximum absolute atomic E-state index is 4.92. The van der Waals surface area contributed by atoms with Crippen molar-refractivity contribution >= 4 is 49.9 Å². The van der Waals surface area contributed by atoms with E-state index >= 15 is 0 Å². The predicted octanol–water partition coefficient (Wildman–Crippen LogP) is 15.6. The Kier molecular flexibility index (Phi) is 11.1. The molecule has 0 nitrogen and oxygen atoms in total. The highest BCUT2D eigenvalue weighted by Gasteiger charge is 2.22. The minimum Gasteiger partial charge on any atom is -0.0909 e. The maximum Gasteiger partial charge on any atom is -0.00741 e.